The fourth-order valence-corrected chi connectivity index (χ4v) is 5.67. The molecule has 0 radical (unpaired) electrons. The molecule has 166 valence electrons. The molecule has 2 N–H and O–H groups in total. The number of rotatable bonds is 8. The third-order valence-corrected chi connectivity index (χ3v) is 7.67. The molecule has 2 aromatic carbocycles. The third kappa shape index (κ3) is 4.94. The van der Waals surface area contributed by atoms with E-state index in [4.69, 9.17) is 15.9 Å². The standard InChI is InChI=1S/C22H27N3O5S/c1-4-21(23-26)22(17-6-5-7-20(16-17)30-3)31(27,28)25-14-12-24(13-15-25)18-8-10-19(29-2)11-9-18/h1,5-11,16,21-23,26H,12-15H2,2-3H3. The Labute approximate surface area is 183 Å². The van der Waals surface area contributed by atoms with Crippen LogP contribution in [0.5, 0.6) is 11.5 Å². The number of hydroxylamine groups is 1. The smallest absolute Gasteiger partial charge is 0.223 e. The average Bonchev–Trinajstić information content (AvgIpc) is 2.82. The Morgan fingerprint density at radius 2 is 1.68 bits per heavy atom. The van der Waals surface area contributed by atoms with Gasteiger partial charge in [0.2, 0.25) is 10.0 Å². The molecule has 2 atom stereocenters. The van der Waals surface area contributed by atoms with Gasteiger partial charge in [0.25, 0.3) is 0 Å². The highest BCUT2D eigenvalue weighted by Gasteiger charge is 2.40. The predicted molar refractivity (Wildman–Crippen MR) is 119 cm³/mol. The van der Waals surface area contributed by atoms with E-state index in [0.29, 0.717) is 37.5 Å². The van der Waals surface area contributed by atoms with Crippen LogP contribution in [0, 0.1) is 12.3 Å². The maximum atomic E-state index is 13.6. The van der Waals surface area contributed by atoms with E-state index in [-0.39, 0.29) is 0 Å². The summed E-state index contributed by atoms with van der Waals surface area (Å²) in [6, 6.07) is 13.2. The summed E-state index contributed by atoms with van der Waals surface area (Å²) in [5.41, 5.74) is 3.42. The van der Waals surface area contributed by atoms with Gasteiger partial charge in [-0.25, -0.2) is 8.42 Å². The summed E-state index contributed by atoms with van der Waals surface area (Å²) < 4.78 is 39.0. The van der Waals surface area contributed by atoms with Gasteiger partial charge in [-0.05, 0) is 42.0 Å². The summed E-state index contributed by atoms with van der Waals surface area (Å²) >= 11 is 0. The number of hydrogen-bond acceptors (Lipinski definition) is 7. The van der Waals surface area contributed by atoms with E-state index in [1.165, 1.54) is 11.4 Å². The van der Waals surface area contributed by atoms with Gasteiger partial charge in [-0.3, -0.25) is 0 Å². The maximum absolute atomic E-state index is 13.6. The molecule has 0 saturated carbocycles. The Hall–Kier alpha value is -2.77. The molecular weight excluding hydrogens is 418 g/mol. The molecule has 3 rings (SSSR count). The van der Waals surface area contributed by atoms with Crippen LogP contribution in [-0.2, 0) is 10.0 Å². The lowest BCUT2D eigenvalue weighted by Crippen LogP contribution is -2.52. The molecule has 0 bridgehead atoms. The average molecular weight is 446 g/mol. The minimum Gasteiger partial charge on any atom is -0.497 e. The highest BCUT2D eigenvalue weighted by atomic mass is 32.2. The van der Waals surface area contributed by atoms with Crippen molar-refractivity contribution in [2.75, 3.05) is 45.3 Å². The van der Waals surface area contributed by atoms with Gasteiger partial charge >= 0.3 is 0 Å². The number of methoxy groups -OCH3 is 2. The molecule has 0 aromatic heterocycles. The van der Waals surface area contributed by atoms with Crippen molar-refractivity contribution >= 4 is 15.7 Å². The zero-order chi connectivity index (χ0) is 22.4. The Bertz CT molecular complexity index is 1010. The van der Waals surface area contributed by atoms with Crippen LogP contribution in [0.4, 0.5) is 5.69 Å². The molecule has 2 aromatic rings. The van der Waals surface area contributed by atoms with E-state index in [2.05, 4.69) is 10.8 Å². The van der Waals surface area contributed by atoms with Crippen molar-refractivity contribution in [2.24, 2.45) is 0 Å². The Kier molecular flexibility index (Phi) is 7.41. The van der Waals surface area contributed by atoms with Crippen molar-refractivity contribution < 1.29 is 23.1 Å². The normalized spacial score (nSPS) is 16.9. The number of nitrogens with zero attached hydrogens (tertiary/aromatic N) is 2. The summed E-state index contributed by atoms with van der Waals surface area (Å²) in [5, 5.41) is 8.39. The van der Waals surface area contributed by atoms with Gasteiger partial charge in [-0.15, -0.1) is 6.42 Å². The first-order chi connectivity index (χ1) is 14.9. The molecule has 1 saturated heterocycles. The van der Waals surface area contributed by atoms with E-state index in [1.807, 2.05) is 29.7 Å². The van der Waals surface area contributed by atoms with Gasteiger partial charge in [0.05, 0.1) is 14.2 Å². The Balaban J connectivity index is 1.82. The molecule has 1 aliphatic rings. The van der Waals surface area contributed by atoms with Crippen LogP contribution in [0.3, 0.4) is 0 Å². The molecule has 31 heavy (non-hydrogen) atoms. The fourth-order valence-electron chi connectivity index (χ4n) is 3.70. The summed E-state index contributed by atoms with van der Waals surface area (Å²) in [7, 11) is -0.759. The van der Waals surface area contributed by atoms with Crippen LogP contribution in [0.2, 0.25) is 0 Å². The molecule has 1 aliphatic heterocycles. The van der Waals surface area contributed by atoms with Crippen LogP contribution in [0.1, 0.15) is 10.8 Å². The molecule has 0 spiro atoms. The van der Waals surface area contributed by atoms with Crippen LogP contribution < -0.4 is 19.9 Å². The second-order valence-corrected chi connectivity index (χ2v) is 9.15. The molecule has 0 amide bonds. The second kappa shape index (κ2) is 10.0. The Morgan fingerprint density at radius 3 is 2.23 bits per heavy atom. The third-order valence-electron chi connectivity index (χ3n) is 5.40. The summed E-state index contributed by atoms with van der Waals surface area (Å²) in [5.74, 6) is 3.62. The van der Waals surface area contributed by atoms with Gasteiger partial charge in [0, 0.05) is 31.9 Å². The van der Waals surface area contributed by atoms with E-state index in [0.717, 1.165) is 11.4 Å². The first-order valence-electron chi connectivity index (χ1n) is 9.82. The van der Waals surface area contributed by atoms with Gasteiger partial charge in [-0.1, -0.05) is 18.1 Å². The predicted octanol–water partition coefficient (Wildman–Crippen LogP) is 1.88. The summed E-state index contributed by atoms with van der Waals surface area (Å²) in [6.07, 6.45) is 5.53. The topological polar surface area (TPSA) is 91.3 Å². The monoisotopic (exact) mass is 445 g/mol. The number of nitrogens with one attached hydrogen (secondary N) is 1. The molecule has 1 heterocycles. The molecule has 1 fully saturated rings. The first kappa shape index (κ1) is 22.9. The SMILES string of the molecule is C#CC(NO)C(c1cccc(OC)c1)S(=O)(=O)N1CCN(c2ccc(OC)cc2)CC1. The Morgan fingerprint density at radius 1 is 1.03 bits per heavy atom. The first-order valence-corrected chi connectivity index (χ1v) is 11.3. The van der Waals surface area contributed by atoms with E-state index in [9.17, 15) is 13.6 Å². The highest BCUT2D eigenvalue weighted by Crippen LogP contribution is 2.32. The lowest BCUT2D eigenvalue weighted by molar-refractivity contribution is 0.143. The van der Waals surface area contributed by atoms with Gasteiger partial charge in [0.15, 0.2) is 0 Å². The number of benzene rings is 2. The quantitative estimate of drug-likeness (QED) is 0.474. The van der Waals surface area contributed by atoms with Crippen LogP contribution in [-0.4, -0.2) is 64.4 Å². The zero-order valence-corrected chi connectivity index (χ0v) is 18.4. The molecule has 8 nitrogen and oxygen atoms in total. The minimum atomic E-state index is -3.88. The van der Waals surface area contributed by atoms with Crippen LogP contribution in [0.15, 0.2) is 48.5 Å². The molecule has 0 aliphatic carbocycles. The zero-order valence-electron chi connectivity index (χ0n) is 17.6. The lowest BCUT2D eigenvalue weighted by Gasteiger charge is -2.38. The molecule has 9 heteroatoms. The second-order valence-electron chi connectivity index (χ2n) is 7.10. The van der Waals surface area contributed by atoms with Crippen molar-refractivity contribution in [1.29, 1.82) is 0 Å². The number of anilines is 1. The van der Waals surface area contributed by atoms with E-state index < -0.39 is 21.3 Å². The van der Waals surface area contributed by atoms with Gasteiger partial charge < -0.3 is 19.6 Å². The number of terminal acetylenes is 1. The number of ether oxygens (including phenoxy) is 2. The summed E-state index contributed by atoms with van der Waals surface area (Å²) in [6.45, 7) is 1.67. The highest BCUT2D eigenvalue weighted by molar-refractivity contribution is 7.89. The van der Waals surface area contributed by atoms with Crippen LogP contribution >= 0.6 is 0 Å². The van der Waals surface area contributed by atoms with Crippen molar-refractivity contribution in [3.05, 3.63) is 54.1 Å². The lowest BCUT2D eigenvalue weighted by atomic mass is 10.1. The van der Waals surface area contributed by atoms with Crippen LogP contribution in [0.25, 0.3) is 0 Å². The number of piperazine rings is 1. The largest absolute Gasteiger partial charge is 0.497 e. The van der Waals surface area contributed by atoms with Crippen molar-refractivity contribution in [1.82, 2.24) is 9.79 Å². The van der Waals surface area contributed by atoms with Crippen molar-refractivity contribution in [2.45, 2.75) is 11.3 Å². The van der Waals surface area contributed by atoms with E-state index in [1.54, 1.807) is 31.4 Å². The number of hydrogen-bond donors (Lipinski definition) is 2. The maximum Gasteiger partial charge on any atom is 0.223 e. The summed E-state index contributed by atoms with van der Waals surface area (Å²) in [4.78, 5) is 2.12. The van der Waals surface area contributed by atoms with Gasteiger partial charge in [0.1, 0.15) is 22.8 Å². The van der Waals surface area contributed by atoms with Crippen molar-refractivity contribution in [3.8, 4) is 23.8 Å². The molecule has 2 unspecified atom stereocenters. The fraction of sp³-hybridized carbons (Fsp3) is 0.364. The van der Waals surface area contributed by atoms with Crippen molar-refractivity contribution in [3.63, 3.8) is 0 Å². The minimum absolute atomic E-state index is 0.303. The molecular formula is C22H27N3O5S. The van der Waals surface area contributed by atoms with E-state index >= 15 is 0 Å². The van der Waals surface area contributed by atoms with Gasteiger partial charge in [-0.2, -0.15) is 9.79 Å². The number of sulfonamides is 1.